The summed E-state index contributed by atoms with van der Waals surface area (Å²) in [5.74, 6) is 1.24. The summed E-state index contributed by atoms with van der Waals surface area (Å²) in [6, 6.07) is 0. The van der Waals surface area contributed by atoms with E-state index < -0.39 is 25.9 Å². The minimum atomic E-state index is -1.52. The minimum absolute atomic E-state index is 0.00418. The fourth-order valence-corrected chi connectivity index (χ4v) is 3.04. The van der Waals surface area contributed by atoms with Crippen LogP contribution in [-0.2, 0) is 19.1 Å². The highest BCUT2D eigenvalue weighted by molar-refractivity contribution is 6.83. The van der Waals surface area contributed by atoms with Crippen molar-refractivity contribution < 1.29 is 19.1 Å². The van der Waals surface area contributed by atoms with Crippen molar-refractivity contribution in [1.29, 1.82) is 0 Å². The second-order valence-electron chi connectivity index (χ2n) is 7.11. The van der Waals surface area contributed by atoms with Crippen molar-refractivity contribution >= 4 is 20.0 Å². The summed E-state index contributed by atoms with van der Waals surface area (Å²) in [5.41, 5.74) is 3.39. The third-order valence-corrected chi connectivity index (χ3v) is 4.64. The third kappa shape index (κ3) is 8.54. The van der Waals surface area contributed by atoms with Crippen LogP contribution in [0, 0.1) is 29.2 Å². The van der Waals surface area contributed by atoms with Crippen molar-refractivity contribution in [2.75, 3.05) is 13.2 Å². The van der Waals surface area contributed by atoms with Gasteiger partial charge in [0.05, 0.1) is 13.2 Å². The summed E-state index contributed by atoms with van der Waals surface area (Å²) in [6.07, 6.45) is 2.96. The van der Waals surface area contributed by atoms with Gasteiger partial charge in [0, 0.05) is 5.92 Å². The lowest BCUT2D eigenvalue weighted by molar-refractivity contribution is -0.164. The predicted octanol–water partition coefficient (Wildman–Crippen LogP) is 4.05. The average molecular weight is 355 g/mol. The molecule has 0 bridgehead atoms. The quantitative estimate of drug-likeness (QED) is 0.271. The molecule has 0 saturated carbocycles. The molecule has 0 aliphatic heterocycles. The number of rotatable bonds is 9. The SMILES string of the molecule is CCCC[C@@H](C#C[Si](C)(C)C)[C@H](C)C(C(=O)OCC)C(=O)OCC. The highest BCUT2D eigenvalue weighted by atomic mass is 28.3. The molecule has 138 valence electrons. The Balaban J connectivity index is 5.51. The first kappa shape index (κ1) is 22.7. The fraction of sp³-hybridized carbons (Fsp3) is 0.789. The highest BCUT2D eigenvalue weighted by Crippen LogP contribution is 2.28. The molecule has 0 heterocycles. The van der Waals surface area contributed by atoms with E-state index >= 15 is 0 Å². The first-order valence-corrected chi connectivity index (χ1v) is 12.5. The Morgan fingerprint density at radius 3 is 1.88 bits per heavy atom. The maximum absolute atomic E-state index is 12.3. The summed E-state index contributed by atoms with van der Waals surface area (Å²) in [6.45, 7) is 14.6. The maximum Gasteiger partial charge on any atom is 0.320 e. The average Bonchev–Trinajstić information content (AvgIpc) is 2.46. The Labute approximate surface area is 148 Å². The summed E-state index contributed by atoms with van der Waals surface area (Å²) in [5, 5.41) is 0. The number of carbonyl (C=O) groups excluding carboxylic acids is 2. The van der Waals surface area contributed by atoms with Crippen LogP contribution in [0.4, 0.5) is 0 Å². The van der Waals surface area contributed by atoms with Gasteiger partial charge in [-0.2, -0.15) is 0 Å². The lowest BCUT2D eigenvalue weighted by atomic mass is 9.80. The van der Waals surface area contributed by atoms with Gasteiger partial charge < -0.3 is 9.47 Å². The molecule has 0 unspecified atom stereocenters. The number of esters is 2. The molecule has 0 aromatic heterocycles. The van der Waals surface area contributed by atoms with E-state index in [1.165, 1.54) is 0 Å². The van der Waals surface area contributed by atoms with Gasteiger partial charge in [0.2, 0.25) is 0 Å². The van der Waals surface area contributed by atoms with Crippen LogP contribution < -0.4 is 0 Å². The molecule has 4 nitrogen and oxygen atoms in total. The Hall–Kier alpha value is -1.28. The molecule has 2 atom stereocenters. The van der Waals surface area contributed by atoms with Crippen LogP contribution in [0.5, 0.6) is 0 Å². The molecule has 0 aliphatic carbocycles. The molecular weight excluding hydrogens is 320 g/mol. The lowest BCUT2D eigenvalue weighted by Crippen LogP contribution is -2.36. The van der Waals surface area contributed by atoms with Crippen molar-refractivity contribution in [3.63, 3.8) is 0 Å². The number of unbranched alkanes of at least 4 members (excludes halogenated alkanes) is 1. The monoisotopic (exact) mass is 354 g/mol. The van der Waals surface area contributed by atoms with Gasteiger partial charge in [0.1, 0.15) is 8.07 Å². The first-order chi connectivity index (χ1) is 11.2. The number of hydrogen-bond donors (Lipinski definition) is 0. The van der Waals surface area contributed by atoms with E-state index in [2.05, 4.69) is 38.0 Å². The third-order valence-electron chi connectivity index (χ3n) is 3.74. The van der Waals surface area contributed by atoms with E-state index in [9.17, 15) is 9.59 Å². The number of carbonyl (C=O) groups is 2. The molecule has 0 aliphatic rings. The molecule has 0 aromatic carbocycles. The maximum atomic E-state index is 12.3. The van der Waals surface area contributed by atoms with E-state index in [-0.39, 0.29) is 25.0 Å². The minimum Gasteiger partial charge on any atom is -0.465 e. The Morgan fingerprint density at radius 1 is 1.00 bits per heavy atom. The summed E-state index contributed by atoms with van der Waals surface area (Å²) in [4.78, 5) is 24.6. The summed E-state index contributed by atoms with van der Waals surface area (Å²) >= 11 is 0. The van der Waals surface area contributed by atoms with Crippen molar-refractivity contribution in [1.82, 2.24) is 0 Å². The lowest BCUT2D eigenvalue weighted by Gasteiger charge is -2.25. The van der Waals surface area contributed by atoms with Gasteiger partial charge >= 0.3 is 11.9 Å². The van der Waals surface area contributed by atoms with E-state index in [4.69, 9.17) is 9.47 Å². The molecule has 0 aromatic rings. The van der Waals surface area contributed by atoms with Crippen molar-refractivity contribution in [3.05, 3.63) is 0 Å². The Kier molecular flexibility index (Phi) is 10.7. The number of hydrogen-bond acceptors (Lipinski definition) is 4. The molecule has 0 N–H and O–H groups in total. The predicted molar refractivity (Wildman–Crippen MR) is 100 cm³/mol. The smallest absolute Gasteiger partial charge is 0.320 e. The Morgan fingerprint density at radius 2 is 1.50 bits per heavy atom. The zero-order valence-electron chi connectivity index (χ0n) is 16.4. The molecule has 0 saturated heterocycles. The molecule has 0 amide bonds. The molecule has 0 fully saturated rings. The highest BCUT2D eigenvalue weighted by Gasteiger charge is 2.38. The number of ether oxygens (including phenoxy) is 2. The van der Waals surface area contributed by atoms with Gasteiger partial charge in [-0.15, -0.1) is 11.5 Å². The topological polar surface area (TPSA) is 52.6 Å². The second-order valence-corrected chi connectivity index (χ2v) is 11.9. The van der Waals surface area contributed by atoms with Crippen LogP contribution >= 0.6 is 0 Å². The molecule has 0 rings (SSSR count). The van der Waals surface area contributed by atoms with Gasteiger partial charge in [-0.05, 0) is 26.2 Å². The van der Waals surface area contributed by atoms with Crippen LogP contribution in [-0.4, -0.2) is 33.2 Å². The normalized spacial score (nSPS) is 13.7. The van der Waals surface area contributed by atoms with Crippen LogP contribution in [0.1, 0.15) is 47.0 Å². The van der Waals surface area contributed by atoms with Crippen molar-refractivity contribution in [2.45, 2.75) is 66.6 Å². The summed E-state index contributed by atoms with van der Waals surface area (Å²) < 4.78 is 10.2. The largest absolute Gasteiger partial charge is 0.465 e. The first-order valence-electron chi connectivity index (χ1n) is 9.03. The van der Waals surface area contributed by atoms with Crippen LogP contribution in [0.15, 0.2) is 0 Å². The van der Waals surface area contributed by atoms with E-state index in [1.807, 2.05) is 6.92 Å². The van der Waals surface area contributed by atoms with Crippen molar-refractivity contribution in [2.24, 2.45) is 17.8 Å². The molecule has 0 spiro atoms. The zero-order valence-corrected chi connectivity index (χ0v) is 17.4. The van der Waals surface area contributed by atoms with Gasteiger partial charge in [0.15, 0.2) is 5.92 Å². The van der Waals surface area contributed by atoms with E-state index in [1.54, 1.807) is 13.8 Å². The van der Waals surface area contributed by atoms with Crippen LogP contribution in [0.25, 0.3) is 0 Å². The van der Waals surface area contributed by atoms with Crippen LogP contribution in [0.3, 0.4) is 0 Å². The molecule has 5 heteroatoms. The van der Waals surface area contributed by atoms with Gasteiger partial charge in [-0.1, -0.05) is 46.3 Å². The second kappa shape index (κ2) is 11.3. The van der Waals surface area contributed by atoms with Gasteiger partial charge in [-0.3, -0.25) is 9.59 Å². The fourth-order valence-electron chi connectivity index (χ4n) is 2.42. The van der Waals surface area contributed by atoms with Gasteiger partial charge in [-0.25, -0.2) is 0 Å². The van der Waals surface area contributed by atoms with E-state index in [0.29, 0.717) is 0 Å². The van der Waals surface area contributed by atoms with Crippen molar-refractivity contribution in [3.8, 4) is 11.5 Å². The molecule has 0 radical (unpaired) electrons. The van der Waals surface area contributed by atoms with E-state index in [0.717, 1.165) is 19.3 Å². The Bertz CT molecular complexity index is 438. The standard InChI is InChI=1S/C19H34O4Si/c1-8-11-12-16(13-14-24(5,6)7)15(4)17(18(20)22-9-2)19(21)23-10-3/h15-17H,8-12H2,1-7H3/t15-,16-/m0/s1. The zero-order chi connectivity index (χ0) is 18.8. The van der Waals surface area contributed by atoms with Crippen LogP contribution in [0.2, 0.25) is 19.6 Å². The molecular formula is C19H34O4Si. The molecule has 24 heavy (non-hydrogen) atoms. The summed E-state index contributed by atoms with van der Waals surface area (Å²) in [7, 11) is -1.52. The van der Waals surface area contributed by atoms with Gasteiger partial charge in [0.25, 0.3) is 0 Å².